The normalized spacial score (nSPS) is 24.8. The number of pyridine rings is 1. The third-order valence-electron chi connectivity index (χ3n) is 14.8. The van der Waals surface area contributed by atoms with Crippen molar-refractivity contribution < 1.29 is 45.4 Å². The lowest BCUT2D eigenvalue weighted by Gasteiger charge is -2.69. The topological polar surface area (TPSA) is 260 Å². The third kappa shape index (κ3) is 10.5. The van der Waals surface area contributed by atoms with Crippen LogP contribution in [0.1, 0.15) is 96.5 Å². The SMILES string of the molecule is Cc1c(-c2ccc(N3CCc4cccc(C(=O)Nc5nc6ccccc6s5)c4C3)nc2C(=O)O)cnn1CC12CC3(C)CC(C)(C1)CC(OCCN(CCS(=O)(=O)O)CC(CCN)S(=O)(=O)O)(C3)C2. The van der Waals surface area contributed by atoms with Gasteiger partial charge >= 0.3 is 5.97 Å². The Morgan fingerprint density at radius 3 is 2.39 bits per heavy atom. The molecule has 0 radical (unpaired) electrons. The van der Waals surface area contributed by atoms with E-state index in [9.17, 15) is 40.6 Å². The van der Waals surface area contributed by atoms with Crippen LogP contribution in [0.15, 0.2) is 60.8 Å². The van der Waals surface area contributed by atoms with Gasteiger partial charge in [0.1, 0.15) is 11.1 Å². The van der Waals surface area contributed by atoms with Crippen molar-refractivity contribution in [3.8, 4) is 11.1 Å². The largest absolute Gasteiger partial charge is 0.476 e. The first kappa shape index (κ1) is 49.1. The van der Waals surface area contributed by atoms with E-state index in [0.717, 1.165) is 65.6 Å². The van der Waals surface area contributed by atoms with Crippen molar-refractivity contribution in [3.05, 3.63) is 88.9 Å². The van der Waals surface area contributed by atoms with Gasteiger partial charge in [0.15, 0.2) is 10.8 Å². The number of anilines is 2. The number of benzene rings is 2. The molecule has 21 heteroatoms. The molecule has 4 aliphatic carbocycles. The molecule has 4 fully saturated rings. The zero-order chi connectivity index (χ0) is 49.1. The van der Waals surface area contributed by atoms with E-state index in [1.807, 2.05) is 59.0 Å². The van der Waals surface area contributed by atoms with Gasteiger partial charge in [-0.25, -0.2) is 14.8 Å². The molecular weight excluding hydrogens is 945 g/mol. The van der Waals surface area contributed by atoms with Gasteiger partial charge in [0, 0.05) is 61.7 Å². The number of carboxylic acid groups (broad SMARTS) is 1. The zero-order valence-electron chi connectivity index (χ0n) is 39.1. The van der Waals surface area contributed by atoms with E-state index in [4.69, 9.17) is 20.6 Å². The molecule has 4 heterocycles. The van der Waals surface area contributed by atoms with E-state index >= 15 is 0 Å². The minimum absolute atomic E-state index is 0.00343. The first-order valence-electron chi connectivity index (χ1n) is 23.3. The minimum Gasteiger partial charge on any atom is -0.476 e. The lowest BCUT2D eigenvalue weighted by molar-refractivity contribution is -0.248. The molecule has 2 aromatic carbocycles. The molecule has 3 atom stereocenters. The standard InChI is InChI=1S/C48H60N8O10S3/c1-31-36(34-11-12-40(52-41(34)43(58)59)55-16-14-32-7-6-8-35(37(32)23-55)42(57)53-44-51-38-9-4-5-10-39(38)67-44)21-50-56(31)30-47-25-45(2)24-46(3,26-47)28-48(27-45,29-47)66-19-17-54(18-20-68(60,61)62)22-33(13-15-49)69(63,64)65/h4-12,21,33H,13-20,22-30,49H2,1-3H3,(H,58,59)(H,51,53,57)(H,60,61,62)(H,63,64,65). The van der Waals surface area contributed by atoms with Crippen LogP contribution < -0.4 is 16.0 Å². The van der Waals surface area contributed by atoms with Gasteiger partial charge in [0.25, 0.3) is 26.1 Å². The van der Waals surface area contributed by atoms with Crippen molar-refractivity contribution in [2.75, 3.05) is 55.3 Å². The molecule has 10 rings (SSSR count). The highest BCUT2D eigenvalue weighted by Crippen LogP contribution is 2.72. The number of thiazole rings is 1. The van der Waals surface area contributed by atoms with Crippen LogP contribution in [0.25, 0.3) is 21.3 Å². The summed E-state index contributed by atoms with van der Waals surface area (Å²) in [6.45, 7) is 8.12. The summed E-state index contributed by atoms with van der Waals surface area (Å²) in [7, 11) is -8.83. The van der Waals surface area contributed by atoms with Gasteiger partial charge in [0.2, 0.25) is 0 Å². The van der Waals surface area contributed by atoms with E-state index < -0.39 is 42.8 Å². The van der Waals surface area contributed by atoms with Gasteiger partial charge in [-0.1, -0.05) is 49.4 Å². The Balaban J connectivity index is 0.919. The first-order chi connectivity index (χ1) is 32.6. The van der Waals surface area contributed by atoms with Crippen LogP contribution in [0.5, 0.6) is 0 Å². The summed E-state index contributed by atoms with van der Waals surface area (Å²) < 4.78 is 77.0. The maximum atomic E-state index is 13.7. The predicted octanol–water partition coefficient (Wildman–Crippen LogP) is 6.31. The number of para-hydroxylation sites is 1. The number of carboxylic acids is 1. The van der Waals surface area contributed by atoms with Crippen molar-refractivity contribution in [2.24, 2.45) is 22.0 Å². The predicted molar refractivity (Wildman–Crippen MR) is 263 cm³/mol. The molecular formula is C48H60N8O10S3. The Kier molecular flexibility index (Phi) is 13.1. The van der Waals surface area contributed by atoms with Crippen LogP contribution >= 0.6 is 11.3 Å². The summed E-state index contributed by atoms with van der Waals surface area (Å²) in [5.74, 6) is -1.55. The van der Waals surface area contributed by atoms with Crippen LogP contribution in [0.2, 0.25) is 0 Å². The highest BCUT2D eigenvalue weighted by Gasteiger charge is 2.66. The lowest BCUT2D eigenvalue weighted by atomic mass is 9.39. The number of carbonyl (C=O) groups excluding carboxylic acids is 1. The van der Waals surface area contributed by atoms with Crippen molar-refractivity contribution in [1.82, 2.24) is 24.6 Å². The van der Waals surface area contributed by atoms with E-state index in [1.165, 1.54) is 11.3 Å². The highest BCUT2D eigenvalue weighted by atomic mass is 32.2. The summed E-state index contributed by atoms with van der Waals surface area (Å²) in [5.41, 5.74) is 9.92. The molecule has 1 amide bonds. The molecule has 3 unspecified atom stereocenters. The molecule has 5 aliphatic rings. The van der Waals surface area contributed by atoms with E-state index in [0.29, 0.717) is 53.7 Å². The molecule has 3 aromatic heterocycles. The number of nitrogens with two attached hydrogens (primary N) is 1. The molecule has 4 saturated carbocycles. The number of aromatic nitrogens is 4. The van der Waals surface area contributed by atoms with E-state index in [2.05, 4.69) is 24.1 Å². The van der Waals surface area contributed by atoms with Gasteiger partial charge < -0.3 is 20.5 Å². The van der Waals surface area contributed by atoms with Gasteiger partial charge in [-0.2, -0.15) is 21.9 Å². The summed E-state index contributed by atoms with van der Waals surface area (Å²) in [4.78, 5) is 39.6. The van der Waals surface area contributed by atoms with Gasteiger partial charge in [-0.3, -0.25) is 28.8 Å². The average molecular weight is 1010 g/mol. The average Bonchev–Trinajstić information content (AvgIpc) is 3.83. The zero-order valence-corrected chi connectivity index (χ0v) is 41.5. The number of rotatable bonds is 19. The quantitative estimate of drug-likeness (QED) is 0.0568. The Hall–Kier alpha value is -4.87. The van der Waals surface area contributed by atoms with Crippen LogP contribution in [0.4, 0.5) is 10.9 Å². The summed E-state index contributed by atoms with van der Waals surface area (Å²) in [6, 6.07) is 17.0. The third-order valence-corrected chi connectivity index (χ3v) is 17.7. The summed E-state index contributed by atoms with van der Waals surface area (Å²) in [6.07, 6.45) is 7.67. The first-order valence-corrected chi connectivity index (χ1v) is 27.3. The number of aromatic carboxylic acids is 1. The van der Waals surface area contributed by atoms with Crippen LogP contribution in [0.3, 0.4) is 0 Å². The molecule has 18 nitrogen and oxygen atoms in total. The Labute approximate surface area is 406 Å². The number of hydrogen-bond donors (Lipinski definition) is 5. The Morgan fingerprint density at radius 2 is 1.70 bits per heavy atom. The minimum atomic E-state index is -4.48. The fourth-order valence-corrected chi connectivity index (χ4v) is 15.3. The molecule has 0 saturated heterocycles. The van der Waals surface area contributed by atoms with E-state index in [1.54, 1.807) is 23.2 Å². The monoisotopic (exact) mass is 1000 g/mol. The van der Waals surface area contributed by atoms with Gasteiger partial charge in [-0.15, -0.1) is 0 Å². The number of ether oxygens (including phenoxy) is 1. The number of amides is 1. The molecule has 370 valence electrons. The summed E-state index contributed by atoms with van der Waals surface area (Å²) in [5, 5.41) is 17.8. The lowest BCUT2D eigenvalue weighted by Crippen LogP contribution is -2.64. The Morgan fingerprint density at radius 1 is 0.942 bits per heavy atom. The second-order valence-electron chi connectivity index (χ2n) is 20.7. The molecule has 4 bridgehead atoms. The van der Waals surface area contributed by atoms with Crippen molar-refractivity contribution in [1.29, 1.82) is 0 Å². The molecule has 6 N–H and O–H groups in total. The van der Waals surface area contributed by atoms with Crippen molar-refractivity contribution in [2.45, 2.75) is 96.1 Å². The van der Waals surface area contributed by atoms with Crippen LogP contribution in [-0.4, -0.2) is 124 Å². The Bertz CT molecular complexity index is 2980. The highest BCUT2D eigenvalue weighted by molar-refractivity contribution is 7.86. The number of nitrogens with zero attached hydrogens (tertiary/aromatic N) is 6. The number of hydrogen-bond acceptors (Lipinski definition) is 14. The number of carbonyl (C=O) groups is 2. The van der Waals surface area contributed by atoms with Crippen molar-refractivity contribution >= 4 is 64.6 Å². The maximum absolute atomic E-state index is 13.7. The molecule has 69 heavy (non-hydrogen) atoms. The fourth-order valence-electron chi connectivity index (χ4n) is 13.2. The van der Waals surface area contributed by atoms with Crippen molar-refractivity contribution in [3.63, 3.8) is 0 Å². The number of fused-ring (bicyclic) bond motifs is 2. The second-order valence-corrected chi connectivity index (χ2v) is 25.0. The molecule has 5 aromatic rings. The second kappa shape index (κ2) is 18.4. The molecule has 1 aliphatic heterocycles. The molecule has 0 spiro atoms. The van der Waals surface area contributed by atoms with Crippen LogP contribution in [0, 0.1) is 23.2 Å². The van der Waals surface area contributed by atoms with E-state index in [-0.39, 0.29) is 67.1 Å². The maximum Gasteiger partial charge on any atom is 0.355 e. The van der Waals surface area contributed by atoms with Crippen LogP contribution in [-0.2, 0) is 44.5 Å². The van der Waals surface area contributed by atoms with Gasteiger partial charge in [0.05, 0.1) is 34.4 Å². The number of nitrogens with one attached hydrogen (secondary N) is 1. The smallest absolute Gasteiger partial charge is 0.355 e. The van der Waals surface area contributed by atoms with Gasteiger partial charge in [-0.05, 0) is 123 Å². The summed E-state index contributed by atoms with van der Waals surface area (Å²) >= 11 is 1.41. The fraction of sp³-hybridized carbons (Fsp3) is 0.521.